The molecule has 0 fully saturated rings. The highest BCUT2D eigenvalue weighted by atomic mass is 79.9. The van der Waals surface area contributed by atoms with Gasteiger partial charge in [-0.3, -0.25) is 0 Å². The second kappa shape index (κ2) is 4.07. The van der Waals surface area contributed by atoms with E-state index in [1.165, 1.54) is 0 Å². The predicted octanol–water partition coefficient (Wildman–Crippen LogP) is 2.88. The summed E-state index contributed by atoms with van der Waals surface area (Å²) in [5.74, 6) is 0.420. The maximum atomic E-state index is 6.08. The van der Waals surface area contributed by atoms with Crippen molar-refractivity contribution < 1.29 is 0 Å². The number of rotatable bonds is 1. The topological polar surface area (TPSA) is 56.7 Å². The Kier molecular flexibility index (Phi) is 2.90. The summed E-state index contributed by atoms with van der Waals surface area (Å²) < 4.78 is 2.56. The summed E-state index contributed by atoms with van der Waals surface area (Å²) >= 11 is 9.55. The fraction of sp³-hybridized carbons (Fsp3) is 0.200. The molecule has 0 bridgehead atoms. The van der Waals surface area contributed by atoms with Crippen LogP contribution in [0.4, 0.5) is 5.82 Å². The van der Waals surface area contributed by atoms with Crippen molar-refractivity contribution in [1.29, 1.82) is 0 Å². The zero-order chi connectivity index (χ0) is 11.9. The van der Waals surface area contributed by atoms with E-state index in [2.05, 4.69) is 26.2 Å². The van der Waals surface area contributed by atoms with Crippen LogP contribution in [0.2, 0.25) is 5.02 Å². The number of aromatic nitrogens is 3. The molecule has 0 atom stereocenters. The summed E-state index contributed by atoms with van der Waals surface area (Å²) in [7, 11) is 0. The zero-order valence-corrected chi connectivity index (χ0v) is 11.2. The van der Waals surface area contributed by atoms with Gasteiger partial charge in [-0.2, -0.15) is 0 Å². The number of nitrogen functional groups attached to an aromatic ring is 1. The van der Waals surface area contributed by atoms with Gasteiger partial charge in [-0.15, -0.1) is 5.10 Å². The lowest BCUT2D eigenvalue weighted by Crippen LogP contribution is -2.01. The molecule has 6 heteroatoms. The molecular formula is C10H10BrClN4. The summed E-state index contributed by atoms with van der Waals surface area (Å²) in [6.07, 6.45) is 0. The van der Waals surface area contributed by atoms with Gasteiger partial charge in [-0.05, 0) is 47.5 Å². The minimum Gasteiger partial charge on any atom is -0.381 e. The quantitative estimate of drug-likeness (QED) is 0.881. The highest BCUT2D eigenvalue weighted by Crippen LogP contribution is 2.28. The van der Waals surface area contributed by atoms with Crippen LogP contribution in [-0.4, -0.2) is 15.0 Å². The fourth-order valence-electron chi connectivity index (χ4n) is 1.37. The van der Waals surface area contributed by atoms with Crippen molar-refractivity contribution in [1.82, 2.24) is 15.0 Å². The molecule has 1 heterocycles. The van der Waals surface area contributed by atoms with E-state index in [-0.39, 0.29) is 0 Å². The van der Waals surface area contributed by atoms with Crippen LogP contribution in [0.25, 0.3) is 5.69 Å². The molecule has 0 unspecified atom stereocenters. The number of nitrogens with two attached hydrogens (primary N) is 1. The van der Waals surface area contributed by atoms with Crippen LogP contribution in [0.5, 0.6) is 0 Å². The van der Waals surface area contributed by atoms with Gasteiger partial charge in [0.1, 0.15) is 0 Å². The first-order valence-corrected chi connectivity index (χ1v) is 5.81. The summed E-state index contributed by atoms with van der Waals surface area (Å²) in [6, 6.07) is 3.77. The third-order valence-electron chi connectivity index (χ3n) is 2.39. The third kappa shape index (κ3) is 1.81. The average Bonchev–Trinajstić information content (AvgIpc) is 2.54. The van der Waals surface area contributed by atoms with E-state index in [1.807, 2.05) is 26.0 Å². The highest BCUT2D eigenvalue weighted by Gasteiger charge is 2.11. The Balaban J connectivity index is 2.65. The molecule has 2 rings (SSSR count). The van der Waals surface area contributed by atoms with Gasteiger partial charge in [0.15, 0.2) is 5.82 Å². The molecule has 0 aliphatic carbocycles. The molecule has 84 valence electrons. The SMILES string of the molecule is Cc1cc(Br)c(-n2nnc(N)c2C)cc1Cl. The molecule has 1 aromatic carbocycles. The maximum absolute atomic E-state index is 6.08. The Morgan fingerprint density at radius 3 is 2.62 bits per heavy atom. The van der Waals surface area contributed by atoms with E-state index in [0.717, 1.165) is 21.4 Å². The highest BCUT2D eigenvalue weighted by molar-refractivity contribution is 9.10. The largest absolute Gasteiger partial charge is 0.381 e. The van der Waals surface area contributed by atoms with E-state index in [4.69, 9.17) is 17.3 Å². The van der Waals surface area contributed by atoms with Crippen molar-refractivity contribution >= 4 is 33.3 Å². The molecule has 0 saturated carbocycles. The van der Waals surface area contributed by atoms with Crippen molar-refractivity contribution in [2.24, 2.45) is 0 Å². The molecule has 0 amide bonds. The van der Waals surface area contributed by atoms with E-state index in [0.29, 0.717) is 10.8 Å². The molecule has 0 saturated heterocycles. The molecule has 0 aliphatic rings. The standard InChI is InChI=1S/C10H10BrClN4/c1-5-3-7(11)9(4-8(5)12)16-6(2)10(13)14-15-16/h3-4H,13H2,1-2H3. The molecule has 0 spiro atoms. The molecule has 2 aromatic rings. The number of halogens is 2. The monoisotopic (exact) mass is 300 g/mol. The molecule has 4 nitrogen and oxygen atoms in total. The van der Waals surface area contributed by atoms with Crippen LogP contribution in [0.15, 0.2) is 16.6 Å². The molecular weight excluding hydrogens is 291 g/mol. The Bertz CT molecular complexity index is 550. The number of aryl methyl sites for hydroxylation is 1. The second-order valence-corrected chi connectivity index (χ2v) is 4.79. The normalized spacial score (nSPS) is 10.8. The Morgan fingerprint density at radius 1 is 1.38 bits per heavy atom. The third-order valence-corrected chi connectivity index (χ3v) is 3.43. The Hall–Kier alpha value is -1.07. The van der Waals surface area contributed by atoms with E-state index < -0.39 is 0 Å². The molecule has 0 radical (unpaired) electrons. The van der Waals surface area contributed by atoms with Gasteiger partial charge in [-0.1, -0.05) is 16.8 Å². The van der Waals surface area contributed by atoms with Gasteiger partial charge in [0.25, 0.3) is 0 Å². The molecule has 16 heavy (non-hydrogen) atoms. The first-order valence-electron chi connectivity index (χ1n) is 4.64. The lowest BCUT2D eigenvalue weighted by molar-refractivity contribution is 0.782. The summed E-state index contributed by atoms with van der Waals surface area (Å²) in [5.41, 5.74) is 8.28. The van der Waals surface area contributed by atoms with Gasteiger partial charge in [0.2, 0.25) is 0 Å². The van der Waals surface area contributed by atoms with Crippen LogP contribution in [0.3, 0.4) is 0 Å². The molecule has 0 aliphatic heterocycles. The van der Waals surface area contributed by atoms with E-state index >= 15 is 0 Å². The lowest BCUT2D eigenvalue weighted by Gasteiger charge is -2.08. The van der Waals surface area contributed by atoms with Crippen molar-refractivity contribution in [3.05, 3.63) is 32.9 Å². The van der Waals surface area contributed by atoms with Gasteiger partial charge in [0.05, 0.1) is 11.4 Å². The van der Waals surface area contributed by atoms with Gasteiger partial charge >= 0.3 is 0 Å². The van der Waals surface area contributed by atoms with Crippen LogP contribution in [0.1, 0.15) is 11.3 Å². The average molecular weight is 302 g/mol. The first kappa shape index (κ1) is 11.4. The lowest BCUT2D eigenvalue weighted by atomic mass is 10.2. The van der Waals surface area contributed by atoms with Crippen LogP contribution >= 0.6 is 27.5 Å². The molecule has 2 N–H and O–H groups in total. The number of benzene rings is 1. The van der Waals surface area contributed by atoms with Crippen molar-refractivity contribution in [3.8, 4) is 5.69 Å². The predicted molar refractivity (Wildman–Crippen MR) is 68.0 cm³/mol. The summed E-state index contributed by atoms with van der Waals surface area (Å²) in [4.78, 5) is 0. The van der Waals surface area contributed by atoms with Gasteiger partial charge in [0, 0.05) is 9.50 Å². The number of hydrogen-bond donors (Lipinski definition) is 1. The van der Waals surface area contributed by atoms with Crippen molar-refractivity contribution in [2.45, 2.75) is 13.8 Å². The zero-order valence-electron chi connectivity index (χ0n) is 8.83. The van der Waals surface area contributed by atoms with Crippen LogP contribution in [0, 0.1) is 13.8 Å². The minimum atomic E-state index is 0.420. The Morgan fingerprint density at radius 2 is 2.06 bits per heavy atom. The van der Waals surface area contributed by atoms with E-state index in [1.54, 1.807) is 4.68 Å². The number of anilines is 1. The van der Waals surface area contributed by atoms with Crippen LogP contribution < -0.4 is 5.73 Å². The summed E-state index contributed by atoms with van der Waals surface area (Å²) in [5, 5.41) is 8.47. The number of hydrogen-bond acceptors (Lipinski definition) is 3. The fourth-order valence-corrected chi connectivity index (χ4v) is 2.15. The van der Waals surface area contributed by atoms with Crippen LogP contribution in [-0.2, 0) is 0 Å². The summed E-state index contributed by atoms with van der Waals surface area (Å²) in [6.45, 7) is 3.80. The molecule has 1 aromatic heterocycles. The van der Waals surface area contributed by atoms with Crippen molar-refractivity contribution in [2.75, 3.05) is 5.73 Å². The smallest absolute Gasteiger partial charge is 0.169 e. The second-order valence-electron chi connectivity index (χ2n) is 3.52. The number of nitrogens with zero attached hydrogens (tertiary/aromatic N) is 3. The van der Waals surface area contributed by atoms with Gasteiger partial charge in [-0.25, -0.2) is 4.68 Å². The first-order chi connectivity index (χ1) is 7.50. The van der Waals surface area contributed by atoms with E-state index in [9.17, 15) is 0 Å². The van der Waals surface area contributed by atoms with Crippen molar-refractivity contribution in [3.63, 3.8) is 0 Å². The van der Waals surface area contributed by atoms with Gasteiger partial charge < -0.3 is 5.73 Å². The Labute approximate surface area is 107 Å². The minimum absolute atomic E-state index is 0.420. The maximum Gasteiger partial charge on any atom is 0.169 e.